The first-order chi connectivity index (χ1) is 11.6. The second kappa shape index (κ2) is 7.45. The van der Waals surface area contributed by atoms with Gasteiger partial charge in [-0.1, -0.05) is 48.2 Å². The van der Waals surface area contributed by atoms with E-state index >= 15 is 0 Å². The number of nitrogens with zero attached hydrogens (tertiary/aromatic N) is 2. The highest BCUT2D eigenvalue weighted by molar-refractivity contribution is 7.98. The van der Waals surface area contributed by atoms with Crippen LogP contribution in [0.2, 0.25) is 0 Å². The Labute approximate surface area is 144 Å². The summed E-state index contributed by atoms with van der Waals surface area (Å²) in [4.78, 5) is 8.80. The molecule has 0 aliphatic rings. The fourth-order valence-corrected chi connectivity index (χ4v) is 3.16. The monoisotopic (exact) mass is 340 g/mol. The smallest absolute Gasteiger partial charge is 0.223 e. The van der Waals surface area contributed by atoms with Gasteiger partial charge in [0.15, 0.2) is 16.7 Å². The SMILES string of the molecule is Cc1cc(Oc2ccccc2F)nc(SCc2ccccc2C)n1. The van der Waals surface area contributed by atoms with E-state index in [9.17, 15) is 4.39 Å². The first-order valence-corrected chi connectivity index (χ1v) is 8.56. The topological polar surface area (TPSA) is 35.0 Å². The van der Waals surface area contributed by atoms with Gasteiger partial charge in [0.05, 0.1) is 0 Å². The molecule has 0 bridgehead atoms. The highest BCUT2D eigenvalue weighted by Crippen LogP contribution is 2.27. The first kappa shape index (κ1) is 16.5. The zero-order valence-electron chi connectivity index (χ0n) is 13.5. The Kier molecular flexibility index (Phi) is 5.11. The fraction of sp³-hybridized carbons (Fsp3) is 0.158. The molecule has 122 valence electrons. The molecule has 0 aliphatic carbocycles. The second-order valence-corrected chi connectivity index (χ2v) is 6.32. The van der Waals surface area contributed by atoms with Crippen LogP contribution in [0.5, 0.6) is 11.6 Å². The zero-order valence-corrected chi connectivity index (χ0v) is 14.3. The third kappa shape index (κ3) is 4.11. The largest absolute Gasteiger partial charge is 0.436 e. The van der Waals surface area contributed by atoms with Crippen molar-refractivity contribution >= 4 is 11.8 Å². The summed E-state index contributed by atoms with van der Waals surface area (Å²) in [6, 6.07) is 16.2. The van der Waals surface area contributed by atoms with Crippen LogP contribution in [0.15, 0.2) is 59.8 Å². The Bertz CT molecular complexity index is 854. The number of thioether (sulfide) groups is 1. The van der Waals surface area contributed by atoms with Crippen molar-refractivity contribution in [2.75, 3.05) is 0 Å². The summed E-state index contributed by atoms with van der Waals surface area (Å²) in [5.74, 6) is 0.864. The predicted octanol–water partition coefficient (Wildman–Crippen LogP) is 5.32. The molecule has 2 aromatic carbocycles. The minimum Gasteiger partial charge on any atom is -0.436 e. The maximum atomic E-state index is 13.7. The van der Waals surface area contributed by atoms with Crippen LogP contribution in [0.3, 0.4) is 0 Å². The van der Waals surface area contributed by atoms with Crippen molar-refractivity contribution in [2.45, 2.75) is 24.8 Å². The predicted molar refractivity (Wildman–Crippen MR) is 94.0 cm³/mol. The Morgan fingerprint density at radius 2 is 1.75 bits per heavy atom. The normalized spacial score (nSPS) is 10.6. The summed E-state index contributed by atoms with van der Waals surface area (Å²) in [7, 11) is 0. The van der Waals surface area contributed by atoms with Crippen molar-refractivity contribution in [3.05, 3.63) is 77.2 Å². The van der Waals surface area contributed by atoms with Gasteiger partial charge in [0.2, 0.25) is 5.88 Å². The molecule has 0 fully saturated rings. The summed E-state index contributed by atoms with van der Waals surface area (Å²) in [6.07, 6.45) is 0. The fourth-order valence-electron chi connectivity index (χ4n) is 2.18. The van der Waals surface area contributed by atoms with Gasteiger partial charge in [-0.2, -0.15) is 4.98 Å². The summed E-state index contributed by atoms with van der Waals surface area (Å²) in [6.45, 7) is 3.95. The number of hydrogen-bond donors (Lipinski definition) is 0. The summed E-state index contributed by atoms with van der Waals surface area (Å²) in [5, 5.41) is 0.615. The molecule has 1 aromatic heterocycles. The van der Waals surface area contributed by atoms with E-state index in [2.05, 4.69) is 29.0 Å². The van der Waals surface area contributed by atoms with E-state index in [1.165, 1.54) is 29.0 Å². The van der Waals surface area contributed by atoms with E-state index in [1.54, 1.807) is 24.3 Å². The van der Waals surface area contributed by atoms with Crippen LogP contribution in [0.4, 0.5) is 4.39 Å². The Morgan fingerprint density at radius 1 is 1.00 bits per heavy atom. The maximum absolute atomic E-state index is 13.7. The Balaban J connectivity index is 1.77. The van der Waals surface area contributed by atoms with Crippen molar-refractivity contribution in [1.82, 2.24) is 9.97 Å². The van der Waals surface area contributed by atoms with E-state index in [0.717, 1.165) is 11.4 Å². The van der Waals surface area contributed by atoms with Gasteiger partial charge in [-0.15, -0.1) is 0 Å². The van der Waals surface area contributed by atoms with Gasteiger partial charge < -0.3 is 4.74 Å². The van der Waals surface area contributed by atoms with Crippen molar-refractivity contribution < 1.29 is 9.13 Å². The molecule has 0 N–H and O–H groups in total. The minimum absolute atomic E-state index is 0.158. The van der Waals surface area contributed by atoms with E-state index in [4.69, 9.17) is 4.74 Å². The van der Waals surface area contributed by atoms with Crippen LogP contribution < -0.4 is 4.74 Å². The number of halogens is 1. The molecule has 3 nitrogen and oxygen atoms in total. The molecule has 3 rings (SSSR count). The second-order valence-electron chi connectivity index (χ2n) is 5.38. The van der Waals surface area contributed by atoms with E-state index in [-0.39, 0.29) is 5.75 Å². The molecular formula is C19H17FN2OS. The number of aryl methyl sites for hydroxylation is 2. The summed E-state index contributed by atoms with van der Waals surface area (Å²) >= 11 is 1.53. The molecule has 0 atom stereocenters. The highest BCUT2D eigenvalue weighted by Gasteiger charge is 2.09. The first-order valence-electron chi connectivity index (χ1n) is 7.57. The van der Waals surface area contributed by atoms with Crippen LogP contribution in [-0.2, 0) is 5.75 Å². The molecule has 3 aromatic rings. The third-order valence-corrected chi connectivity index (χ3v) is 4.38. The van der Waals surface area contributed by atoms with Crippen LogP contribution in [0, 0.1) is 19.7 Å². The number of para-hydroxylation sites is 1. The van der Waals surface area contributed by atoms with Gasteiger partial charge in [0, 0.05) is 17.5 Å². The van der Waals surface area contributed by atoms with Crippen LogP contribution in [-0.4, -0.2) is 9.97 Å². The average Bonchev–Trinajstić information content (AvgIpc) is 2.56. The number of hydrogen-bond acceptors (Lipinski definition) is 4. The molecule has 0 unspecified atom stereocenters. The molecule has 0 radical (unpaired) electrons. The Morgan fingerprint density at radius 3 is 2.54 bits per heavy atom. The van der Waals surface area contributed by atoms with Gasteiger partial charge in [-0.05, 0) is 37.1 Å². The molecule has 0 saturated carbocycles. The highest BCUT2D eigenvalue weighted by atomic mass is 32.2. The van der Waals surface area contributed by atoms with Crippen molar-refractivity contribution in [2.24, 2.45) is 0 Å². The third-order valence-electron chi connectivity index (χ3n) is 3.48. The number of ether oxygens (including phenoxy) is 1. The summed E-state index contributed by atoms with van der Waals surface area (Å²) < 4.78 is 19.3. The average molecular weight is 340 g/mol. The van der Waals surface area contributed by atoms with E-state index < -0.39 is 5.82 Å². The molecule has 24 heavy (non-hydrogen) atoms. The van der Waals surface area contributed by atoms with Gasteiger partial charge in [-0.25, -0.2) is 9.37 Å². The molecule has 0 aliphatic heterocycles. The number of benzene rings is 2. The molecule has 0 saturated heterocycles. The van der Waals surface area contributed by atoms with Crippen LogP contribution in [0.25, 0.3) is 0 Å². The number of aromatic nitrogens is 2. The van der Waals surface area contributed by atoms with Crippen molar-refractivity contribution in [3.8, 4) is 11.6 Å². The molecule has 5 heteroatoms. The maximum Gasteiger partial charge on any atom is 0.223 e. The molecule has 0 spiro atoms. The van der Waals surface area contributed by atoms with Gasteiger partial charge in [0.1, 0.15) is 0 Å². The lowest BCUT2D eigenvalue weighted by Gasteiger charge is -2.09. The lowest BCUT2D eigenvalue weighted by atomic mass is 10.1. The van der Waals surface area contributed by atoms with E-state index in [1.807, 2.05) is 19.1 Å². The minimum atomic E-state index is -0.414. The van der Waals surface area contributed by atoms with Gasteiger partial charge in [-0.3, -0.25) is 0 Å². The van der Waals surface area contributed by atoms with Crippen molar-refractivity contribution in [1.29, 1.82) is 0 Å². The lowest BCUT2D eigenvalue weighted by Crippen LogP contribution is -1.96. The zero-order chi connectivity index (χ0) is 16.9. The standard InChI is InChI=1S/C19H17FN2OS/c1-13-7-3-4-8-15(13)12-24-19-21-14(2)11-18(22-19)23-17-10-6-5-9-16(17)20/h3-11H,12H2,1-2H3. The van der Waals surface area contributed by atoms with Crippen LogP contribution >= 0.6 is 11.8 Å². The quantitative estimate of drug-likeness (QED) is 0.465. The number of rotatable bonds is 5. The summed E-state index contributed by atoms with van der Waals surface area (Å²) in [5.41, 5.74) is 3.26. The Hall–Kier alpha value is -2.40. The van der Waals surface area contributed by atoms with Crippen LogP contribution in [0.1, 0.15) is 16.8 Å². The molecule has 0 amide bonds. The lowest BCUT2D eigenvalue weighted by molar-refractivity contribution is 0.421. The van der Waals surface area contributed by atoms with Crippen molar-refractivity contribution in [3.63, 3.8) is 0 Å². The molecule has 1 heterocycles. The van der Waals surface area contributed by atoms with E-state index in [0.29, 0.717) is 11.0 Å². The van der Waals surface area contributed by atoms with Gasteiger partial charge in [0.25, 0.3) is 0 Å². The van der Waals surface area contributed by atoms with Gasteiger partial charge >= 0.3 is 0 Å². The molecular weight excluding hydrogens is 323 g/mol.